The fourth-order valence-corrected chi connectivity index (χ4v) is 3.94. The lowest BCUT2D eigenvalue weighted by atomic mass is 9.99. The number of rotatable bonds is 5. The molecule has 3 unspecified atom stereocenters. The van der Waals surface area contributed by atoms with Gasteiger partial charge in [-0.1, -0.05) is 37.6 Å². The maximum Gasteiger partial charge on any atom is 0.441 e. The van der Waals surface area contributed by atoms with Gasteiger partial charge in [0.1, 0.15) is 11.9 Å². The number of carbonyl (C=O) groups is 1. The summed E-state index contributed by atoms with van der Waals surface area (Å²) in [6, 6.07) is 2.07. The first kappa shape index (κ1) is 22.6. The molecule has 1 aromatic carbocycles. The van der Waals surface area contributed by atoms with Gasteiger partial charge in [0.15, 0.2) is 5.17 Å². The molecule has 0 bridgehead atoms. The van der Waals surface area contributed by atoms with E-state index in [-0.39, 0.29) is 28.1 Å². The summed E-state index contributed by atoms with van der Waals surface area (Å²) in [5.41, 5.74) is 0.426. The molecule has 1 N–H and O–H groups in total. The number of nitrogens with one attached hydrogen (secondary N) is 1. The number of carbonyl (C=O) groups excluding carboxylic acids is 1. The number of aliphatic imine (C=N–C) groups is 1. The van der Waals surface area contributed by atoms with Gasteiger partial charge in [0.05, 0.1) is 6.04 Å². The molecular formula is C19H19ClF4N4OS. The normalized spacial score (nSPS) is 22.4. The van der Waals surface area contributed by atoms with Gasteiger partial charge in [0, 0.05) is 17.1 Å². The molecule has 5 nitrogen and oxygen atoms in total. The number of fused-ring (bicyclic) bond motifs is 1. The summed E-state index contributed by atoms with van der Waals surface area (Å²) < 4.78 is 52.7. The van der Waals surface area contributed by atoms with Crippen molar-refractivity contribution in [3.05, 3.63) is 46.8 Å². The summed E-state index contributed by atoms with van der Waals surface area (Å²) in [6.45, 7) is 5.76. The minimum atomic E-state index is -4.61. The van der Waals surface area contributed by atoms with Gasteiger partial charge in [-0.2, -0.15) is 18.3 Å². The van der Waals surface area contributed by atoms with Crippen LogP contribution in [0.3, 0.4) is 0 Å². The highest BCUT2D eigenvalue weighted by Crippen LogP contribution is 2.43. The lowest BCUT2D eigenvalue weighted by molar-refractivity contribution is -0.117. The zero-order valence-corrected chi connectivity index (χ0v) is 17.8. The van der Waals surface area contributed by atoms with Crippen molar-refractivity contribution >= 4 is 39.5 Å². The van der Waals surface area contributed by atoms with Gasteiger partial charge in [-0.25, -0.2) is 14.4 Å². The van der Waals surface area contributed by atoms with Gasteiger partial charge in [-0.15, -0.1) is 0 Å². The number of amides is 1. The number of hydrazone groups is 1. The predicted octanol–water partition coefficient (Wildman–Crippen LogP) is 4.90. The summed E-state index contributed by atoms with van der Waals surface area (Å²) >= 11 is 6.54. The molecule has 1 aromatic rings. The molecule has 2 aliphatic heterocycles. The number of hydrogen-bond acceptors (Lipinski definition) is 5. The van der Waals surface area contributed by atoms with E-state index in [2.05, 4.69) is 15.4 Å². The maximum absolute atomic E-state index is 13.4. The lowest BCUT2D eigenvalue weighted by Crippen LogP contribution is -2.35. The molecule has 2 heterocycles. The van der Waals surface area contributed by atoms with Crippen LogP contribution < -0.4 is 5.32 Å². The largest absolute Gasteiger partial charge is 0.441 e. The zero-order valence-electron chi connectivity index (χ0n) is 16.2. The molecule has 3 atom stereocenters. The molecule has 0 aromatic heterocycles. The van der Waals surface area contributed by atoms with Crippen molar-refractivity contribution in [1.82, 2.24) is 10.3 Å². The summed E-state index contributed by atoms with van der Waals surface area (Å²) in [7, 11) is 0. The van der Waals surface area contributed by atoms with Crippen LogP contribution in [0.15, 0.2) is 40.4 Å². The second-order valence-electron chi connectivity index (χ2n) is 7.26. The Balaban J connectivity index is 1.91. The quantitative estimate of drug-likeness (QED) is 0.500. The van der Waals surface area contributed by atoms with E-state index >= 15 is 0 Å². The first-order valence-electron chi connectivity index (χ1n) is 9.11. The third-order valence-electron chi connectivity index (χ3n) is 4.78. The van der Waals surface area contributed by atoms with Crippen molar-refractivity contribution in [2.45, 2.75) is 45.1 Å². The highest BCUT2D eigenvalue weighted by molar-refractivity contribution is 8.27. The van der Waals surface area contributed by atoms with Gasteiger partial charge < -0.3 is 5.32 Å². The molecule has 11 heteroatoms. The Hall–Kier alpha value is -2.07. The van der Waals surface area contributed by atoms with E-state index in [4.69, 9.17) is 11.6 Å². The molecule has 162 valence electrons. The second-order valence-corrected chi connectivity index (χ2v) is 8.63. The van der Waals surface area contributed by atoms with Crippen LogP contribution in [0.4, 0.5) is 17.6 Å². The molecule has 2 aliphatic rings. The summed E-state index contributed by atoms with van der Waals surface area (Å²) in [5, 5.41) is 6.65. The molecule has 3 rings (SSSR count). The number of alkyl halides is 3. The summed E-state index contributed by atoms with van der Waals surface area (Å²) in [4.78, 5) is 16.6. The number of hydrogen-bond donors (Lipinski definition) is 1. The molecule has 0 spiro atoms. The smallest absolute Gasteiger partial charge is 0.350 e. The van der Waals surface area contributed by atoms with Crippen LogP contribution in [0, 0.1) is 11.7 Å². The lowest BCUT2D eigenvalue weighted by Gasteiger charge is -2.22. The number of benzene rings is 1. The SMILES string of the molecule is CC(C)C(C)NC(=O)/C=C/C1C(c2ccc(F)cc2Cl)N=C2SC(C(F)(F)F)=NN21. The Morgan fingerprint density at radius 1 is 1.33 bits per heavy atom. The average Bonchev–Trinajstić information content (AvgIpc) is 3.18. The first-order chi connectivity index (χ1) is 14.0. The van der Waals surface area contributed by atoms with Crippen molar-refractivity contribution in [1.29, 1.82) is 0 Å². The highest BCUT2D eigenvalue weighted by Gasteiger charge is 2.48. The van der Waals surface area contributed by atoms with E-state index in [9.17, 15) is 22.4 Å². The van der Waals surface area contributed by atoms with Crippen molar-refractivity contribution < 1.29 is 22.4 Å². The van der Waals surface area contributed by atoms with E-state index in [1.807, 2.05) is 20.8 Å². The van der Waals surface area contributed by atoms with Crippen molar-refractivity contribution in [2.75, 3.05) is 0 Å². The highest BCUT2D eigenvalue weighted by atomic mass is 35.5. The predicted molar refractivity (Wildman–Crippen MR) is 110 cm³/mol. The number of nitrogens with zero attached hydrogens (tertiary/aromatic N) is 3. The van der Waals surface area contributed by atoms with Crippen LogP contribution in [-0.4, -0.2) is 39.4 Å². The van der Waals surface area contributed by atoms with Gasteiger partial charge in [-0.3, -0.25) is 4.79 Å². The Morgan fingerprint density at radius 2 is 2.03 bits per heavy atom. The van der Waals surface area contributed by atoms with E-state index in [1.54, 1.807) is 0 Å². The number of halogens is 5. The molecule has 0 aliphatic carbocycles. The van der Waals surface area contributed by atoms with Crippen LogP contribution in [0.5, 0.6) is 0 Å². The van der Waals surface area contributed by atoms with E-state index < -0.39 is 29.1 Å². The van der Waals surface area contributed by atoms with E-state index in [0.29, 0.717) is 17.3 Å². The van der Waals surface area contributed by atoms with Gasteiger partial charge in [0.25, 0.3) is 0 Å². The topological polar surface area (TPSA) is 57.1 Å². The number of thioether (sulfide) groups is 1. The molecule has 1 amide bonds. The first-order valence-corrected chi connectivity index (χ1v) is 10.3. The van der Waals surface area contributed by atoms with Crippen molar-refractivity contribution in [3.63, 3.8) is 0 Å². The molecular weight excluding hydrogens is 444 g/mol. The minimum absolute atomic E-state index is 0.0401. The maximum atomic E-state index is 13.4. The molecule has 0 saturated heterocycles. The summed E-state index contributed by atoms with van der Waals surface area (Å²) in [5.74, 6) is -0.722. The summed E-state index contributed by atoms with van der Waals surface area (Å²) in [6.07, 6.45) is -1.93. The van der Waals surface area contributed by atoms with Crippen molar-refractivity contribution in [2.24, 2.45) is 16.0 Å². The fraction of sp³-hybridized carbons (Fsp3) is 0.421. The van der Waals surface area contributed by atoms with Crippen LogP contribution in [-0.2, 0) is 4.79 Å². The third kappa shape index (κ3) is 4.80. The Bertz CT molecular complexity index is 932. The van der Waals surface area contributed by atoms with Gasteiger partial charge in [0.2, 0.25) is 11.0 Å². The molecule has 0 fully saturated rings. The zero-order chi connectivity index (χ0) is 22.2. The molecule has 0 radical (unpaired) electrons. The fourth-order valence-electron chi connectivity index (χ4n) is 2.82. The number of amidine groups is 1. The second kappa shape index (κ2) is 8.58. The molecule has 0 saturated carbocycles. The Morgan fingerprint density at radius 3 is 2.63 bits per heavy atom. The minimum Gasteiger partial charge on any atom is -0.350 e. The third-order valence-corrected chi connectivity index (χ3v) is 6.09. The monoisotopic (exact) mass is 462 g/mol. The van der Waals surface area contributed by atoms with Crippen LogP contribution >= 0.6 is 23.4 Å². The van der Waals surface area contributed by atoms with Gasteiger partial charge in [-0.05, 0) is 42.3 Å². The van der Waals surface area contributed by atoms with Crippen LogP contribution in [0.25, 0.3) is 0 Å². The van der Waals surface area contributed by atoms with E-state index in [1.165, 1.54) is 24.3 Å². The van der Waals surface area contributed by atoms with Crippen LogP contribution in [0.1, 0.15) is 32.4 Å². The standard InChI is InChI=1S/C19H19ClF4N4OS/c1-9(2)10(3)25-15(29)7-6-14-16(12-5-4-11(21)8-13(12)20)26-18-28(14)27-17(30-18)19(22,23)24/h4-10,14,16H,1-3H3,(H,25,29)/b7-6+. The van der Waals surface area contributed by atoms with E-state index in [0.717, 1.165) is 11.1 Å². The molecule has 30 heavy (non-hydrogen) atoms. The Labute approximate surface area is 180 Å². The average molecular weight is 463 g/mol. The van der Waals surface area contributed by atoms with Crippen LogP contribution in [0.2, 0.25) is 5.02 Å². The van der Waals surface area contributed by atoms with Crippen molar-refractivity contribution in [3.8, 4) is 0 Å². The Kier molecular flexibility index (Phi) is 6.47. The van der Waals surface area contributed by atoms with Gasteiger partial charge >= 0.3 is 6.18 Å².